The van der Waals surface area contributed by atoms with E-state index >= 15 is 0 Å². The van der Waals surface area contributed by atoms with Crippen molar-refractivity contribution in [1.82, 2.24) is 4.57 Å². The summed E-state index contributed by atoms with van der Waals surface area (Å²) in [6.45, 7) is 0.648. The van der Waals surface area contributed by atoms with Gasteiger partial charge < -0.3 is 4.57 Å². The molecular formula is C20H18F3NS. The van der Waals surface area contributed by atoms with E-state index in [1.165, 1.54) is 5.56 Å². The van der Waals surface area contributed by atoms with Crippen LogP contribution in [-0.2, 0) is 25.6 Å². The standard InChI is InChI=1S/C20H18F3NS/c21-20(22,23)18-15-9-5-11-17-19(15)24(12-13-25-17)16(18)10-4-8-14-6-2-1-3-7-14/h1-3,5-7,9,11H,4,8,10,12-13H2. The van der Waals surface area contributed by atoms with Gasteiger partial charge in [0.15, 0.2) is 0 Å². The molecule has 0 N–H and O–H groups in total. The summed E-state index contributed by atoms with van der Waals surface area (Å²) in [5.41, 5.74) is 1.95. The molecule has 0 amide bonds. The molecule has 0 atom stereocenters. The van der Waals surface area contributed by atoms with Crippen LogP contribution in [0.25, 0.3) is 10.9 Å². The molecule has 25 heavy (non-hydrogen) atoms. The first-order valence-electron chi connectivity index (χ1n) is 8.43. The number of aryl methyl sites for hydroxylation is 2. The fourth-order valence-electron chi connectivity index (χ4n) is 3.72. The van der Waals surface area contributed by atoms with Gasteiger partial charge in [-0.1, -0.05) is 42.5 Å². The van der Waals surface area contributed by atoms with E-state index < -0.39 is 11.7 Å². The van der Waals surface area contributed by atoms with Gasteiger partial charge in [0.05, 0.1) is 11.1 Å². The predicted molar refractivity (Wildman–Crippen MR) is 96.1 cm³/mol. The molecule has 3 aromatic rings. The highest BCUT2D eigenvalue weighted by atomic mass is 32.2. The summed E-state index contributed by atoms with van der Waals surface area (Å²) < 4.78 is 43.3. The van der Waals surface area contributed by atoms with Crippen LogP contribution in [0.2, 0.25) is 0 Å². The third-order valence-corrected chi connectivity index (χ3v) is 5.76. The number of aromatic nitrogens is 1. The number of alkyl halides is 3. The van der Waals surface area contributed by atoms with Crippen LogP contribution >= 0.6 is 11.8 Å². The van der Waals surface area contributed by atoms with Crippen molar-refractivity contribution >= 4 is 22.7 Å². The molecule has 4 rings (SSSR count). The van der Waals surface area contributed by atoms with Gasteiger partial charge in [0.25, 0.3) is 0 Å². The molecule has 2 heterocycles. The fraction of sp³-hybridized carbons (Fsp3) is 0.300. The number of para-hydroxylation sites is 1. The predicted octanol–water partition coefficient (Wildman–Crippen LogP) is 5.94. The lowest BCUT2D eigenvalue weighted by Crippen LogP contribution is -2.13. The zero-order valence-corrected chi connectivity index (χ0v) is 14.5. The lowest BCUT2D eigenvalue weighted by Gasteiger charge is -2.18. The molecule has 1 aromatic heterocycles. The molecule has 0 saturated heterocycles. The van der Waals surface area contributed by atoms with Gasteiger partial charge >= 0.3 is 6.18 Å². The normalized spacial score (nSPS) is 14.2. The summed E-state index contributed by atoms with van der Waals surface area (Å²) >= 11 is 1.65. The van der Waals surface area contributed by atoms with Gasteiger partial charge in [0.2, 0.25) is 0 Å². The van der Waals surface area contributed by atoms with E-state index in [0.717, 1.165) is 22.6 Å². The minimum atomic E-state index is -4.32. The van der Waals surface area contributed by atoms with Crippen LogP contribution in [0.3, 0.4) is 0 Å². The largest absolute Gasteiger partial charge is 0.418 e. The summed E-state index contributed by atoms with van der Waals surface area (Å²) in [5.74, 6) is 0.823. The number of hydrogen-bond donors (Lipinski definition) is 0. The van der Waals surface area contributed by atoms with Gasteiger partial charge in [0.1, 0.15) is 0 Å². The monoisotopic (exact) mass is 361 g/mol. The Labute approximate surface area is 148 Å². The van der Waals surface area contributed by atoms with Crippen LogP contribution < -0.4 is 0 Å². The number of thioether (sulfide) groups is 1. The first-order valence-corrected chi connectivity index (χ1v) is 9.42. The summed E-state index contributed by atoms with van der Waals surface area (Å²) in [6, 6.07) is 15.2. The van der Waals surface area contributed by atoms with E-state index in [-0.39, 0.29) is 0 Å². The smallest absolute Gasteiger partial charge is 0.342 e. The zero-order valence-electron chi connectivity index (χ0n) is 13.6. The molecule has 1 aliphatic heterocycles. The van der Waals surface area contributed by atoms with Gasteiger partial charge in [-0.25, -0.2) is 0 Å². The molecule has 0 spiro atoms. The van der Waals surface area contributed by atoms with Crippen molar-refractivity contribution in [1.29, 1.82) is 0 Å². The summed E-state index contributed by atoms with van der Waals surface area (Å²) in [6.07, 6.45) is -2.37. The lowest BCUT2D eigenvalue weighted by molar-refractivity contribution is -0.137. The Morgan fingerprint density at radius 1 is 0.960 bits per heavy atom. The minimum Gasteiger partial charge on any atom is -0.342 e. The van der Waals surface area contributed by atoms with Crippen molar-refractivity contribution in [3.8, 4) is 0 Å². The third-order valence-electron chi connectivity index (χ3n) is 4.73. The molecule has 0 saturated carbocycles. The first kappa shape index (κ1) is 16.6. The highest BCUT2D eigenvalue weighted by Crippen LogP contribution is 2.44. The topological polar surface area (TPSA) is 4.93 Å². The summed E-state index contributed by atoms with van der Waals surface area (Å²) in [5, 5.41) is 0.354. The SMILES string of the molecule is FC(F)(F)c1c(CCCc2ccccc2)n2c3c(cccc13)SCC2. The molecule has 1 aliphatic rings. The molecular weight excluding hydrogens is 343 g/mol. The average molecular weight is 361 g/mol. The van der Waals surface area contributed by atoms with Crippen molar-refractivity contribution in [2.45, 2.75) is 36.9 Å². The quantitative estimate of drug-likeness (QED) is 0.557. The van der Waals surface area contributed by atoms with Gasteiger partial charge in [-0.3, -0.25) is 0 Å². The van der Waals surface area contributed by atoms with Crippen LogP contribution in [0.15, 0.2) is 53.4 Å². The van der Waals surface area contributed by atoms with E-state index in [9.17, 15) is 13.2 Å². The molecule has 0 fully saturated rings. The van der Waals surface area contributed by atoms with E-state index in [4.69, 9.17) is 0 Å². The second-order valence-electron chi connectivity index (χ2n) is 6.31. The number of benzene rings is 2. The third kappa shape index (κ3) is 3.06. The van der Waals surface area contributed by atoms with E-state index in [1.54, 1.807) is 23.9 Å². The first-order chi connectivity index (χ1) is 12.1. The molecule has 0 aliphatic carbocycles. The van der Waals surface area contributed by atoms with Gasteiger partial charge in [0, 0.05) is 28.3 Å². The van der Waals surface area contributed by atoms with Crippen LogP contribution in [0.4, 0.5) is 13.2 Å². The van der Waals surface area contributed by atoms with Crippen LogP contribution in [0.1, 0.15) is 23.2 Å². The molecule has 0 unspecified atom stereocenters. The van der Waals surface area contributed by atoms with Gasteiger partial charge in [-0.05, 0) is 30.9 Å². The van der Waals surface area contributed by atoms with Gasteiger partial charge in [-0.2, -0.15) is 13.2 Å². The maximum atomic E-state index is 13.8. The average Bonchev–Trinajstić information content (AvgIpc) is 2.92. The number of halogens is 3. The van der Waals surface area contributed by atoms with Crippen molar-refractivity contribution < 1.29 is 13.2 Å². The zero-order chi connectivity index (χ0) is 17.4. The second kappa shape index (κ2) is 6.45. The van der Waals surface area contributed by atoms with E-state index in [2.05, 4.69) is 0 Å². The Hall–Kier alpha value is -1.88. The Balaban J connectivity index is 1.73. The van der Waals surface area contributed by atoms with Crippen molar-refractivity contribution in [2.24, 2.45) is 0 Å². The number of hydrogen-bond acceptors (Lipinski definition) is 1. The Morgan fingerprint density at radius 2 is 1.76 bits per heavy atom. The van der Waals surface area contributed by atoms with Crippen molar-refractivity contribution in [3.05, 3.63) is 65.4 Å². The van der Waals surface area contributed by atoms with Crippen LogP contribution in [0, 0.1) is 0 Å². The highest BCUT2D eigenvalue weighted by Gasteiger charge is 2.39. The molecule has 0 bridgehead atoms. The van der Waals surface area contributed by atoms with E-state index in [1.807, 2.05) is 41.0 Å². The fourth-order valence-corrected chi connectivity index (χ4v) is 4.74. The summed E-state index contributed by atoms with van der Waals surface area (Å²) in [4.78, 5) is 0.962. The van der Waals surface area contributed by atoms with Crippen molar-refractivity contribution in [2.75, 3.05) is 5.75 Å². The lowest BCUT2D eigenvalue weighted by atomic mass is 10.0. The molecule has 130 valence electrons. The van der Waals surface area contributed by atoms with Crippen molar-refractivity contribution in [3.63, 3.8) is 0 Å². The maximum absolute atomic E-state index is 13.8. The molecule has 5 heteroatoms. The second-order valence-corrected chi connectivity index (χ2v) is 7.45. The maximum Gasteiger partial charge on any atom is 0.418 e. The van der Waals surface area contributed by atoms with Crippen LogP contribution in [-0.4, -0.2) is 10.3 Å². The minimum absolute atomic E-state index is 0.354. The molecule has 0 radical (unpaired) electrons. The Kier molecular flexibility index (Phi) is 4.28. The molecule has 2 aromatic carbocycles. The summed E-state index contributed by atoms with van der Waals surface area (Å²) in [7, 11) is 0. The Morgan fingerprint density at radius 3 is 2.52 bits per heavy atom. The van der Waals surface area contributed by atoms with E-state index in [0.29, 0.717) is 30.5 Å². The van der Waals surface area contributed by atoms with Gasteiger partial charge in [-0.15, -0.1) is 11.8 Å². The van der Waals surface area contributed by atoms with Crippen LogP contribution in [0.5, 0.6) is 0 Å². The molecule has 1 nitrogen and oxygen atoms in total. The Bertz CT molecular complexity index is 897. The number of nitrogens with zero attached hydrogens (tertiary/aromatic N) is 1. The highest BCUT2D eigenvalue weighted by molar-refractivity contribution is 7.99. The number of rotatable bonds is 4.